The molecule has 0 aromatic heterocycles. The first-order valence-corrected chi connectivity index (χ1v) is 13.1. The van der Waals surface area contributed by atoms with Gasteiger partial charge in [0.1, 0.15) is 33.9 Å². The van der Waals surface area contributed by atoms with Gasteiger partial charge in [0.05, 0.1) is 0 Å². The Morgan fingerprint density at radius 2 is 1.71 bits per heavy atom. The van der Waals surface area contributed by atoms with Crippen LogP contribution in [0, 0.1) is 0 Å². The van der Waals surface area contributed by atoms with E-state index in [4.69, 9.17) is 9.47 Å². The van der Waals surface area contributed by atoms with Crippen molar-refractivity contribution in [3.63, 3.8) is 0 Å². The highest BCUT2D eigenvalue weighted by atomic mass is 32.2. The van der Waals surface area contributed by atoms with Crippen LogP contribution in [0.5, 0.6) is 11.5 Å². The molecule has 5 rings (SSSR count). The van der Waals surface area contributed by atoms with Crippen LogP contribution in [0.4, 0.5) is 0 Å². The van der Waals surface area contributed by atoms with Crippen LogP contribution in [-0.2, 0) is 9.84 Å². The van der Waals surface area contributed by atoms with Crippen molar-refractivity contribution in [3.05, 3.63) is 54.1 Å². The zero-order valence-corrected chi connectivity index (χ0v) is 18.9. The molecule has 1 saturated carbocycles. The third-order valence-corrected chi connectivity index (χ3v) is 9.46. The lowest BCUT2D eigenvalue weighted by molar-refractivity contribution is 0.0493. The second-order valence-corrected chi connectivity index (χ2v) is 11.1. The van der Waals surface area contributed by atoms with Gasteiger partial charge in [-0.25, -0.2) is 8.42 Å². The van der Waals surface area contributed by atoms with Crippen LogP contribution < -0.4 is 9.47 Å². The van der Waals surface area contributed by atoms with Crippen molar-refractivity contribution in [1.82, 2.24) is 4.90 Å². The number of ether oxygens (including phenoxy) is 2. The second-order valence-electron chi connectivity index (χ2n) is 8.98. The van der Waals surface area contributed by atoms with E-state index in [0.717, 1.165) is 43.3 Å². The molecule has 1 saturated heterocycles. The summed E-state index contributed by atoms with van der Waals surface area (Å²) < 4.78 is 38.7. The molecule has 2 aromatic carbocycles. The van der Waals surface area contributed by atoms with Crippen molar-refractivity contribution in [1.29, 1.82) is 0 Å². The van der Waals surface area contributed by atoms with E-state index in [1.165, 1.54) is 19.3 Å². The van der Waals surface area contributed by atoms with E-state index in [2.05, 4.69) is 4.90 Å². The third-order valence-electron chi connectivity index (χ3n) is 7.13. The zero-order valence-electron chi connectivity index (χ0n) is 18.1. The van der Waals surface area contributed by atoms with Gasteiger partial charge in [0.15, 0.2) is 9.84 Å². The molecule has 0 radical (unpaired) electrons. The molecule has 0 spiro atoms. The van der Waals surface area contributed by atoms with Gasteiger partial charge >= 0.3 is 0 Å². The van der Waals surface area contributed by atoms with Gasteiger partial charge in [-0.3, -0.25) is 0 Å². The lowest BCUT2D eigenvalue weighted by Crippen LogP contribution is -2.46. The Labute approximate surface area is 185 Å². The number of piperidine rings is 1. The molecule has 2 fully saturated rings. The van der Waals surface area contributed by atoms with Gasteiger partial charge in [-0.15, -0.1) is 0 Å². The van der Waals surface area contributed by atoms with Crippen LogP contribution in [-0.4, -0.2) is 43.8 Å². The highest BCUT2D eigenvalue weighted by Gasteiger charge is 2.42. The summed E-state index contributed by atoms with van der Waals surface area (Å²) >= 11 is 0. The summed E-state index contributed by atoms with van der Waals surface area (Å²) in [5.74, 6) is 1.29. The smallest absolute Gasteiger partial charge is 0.188 e. The largest absolute Gasteiger partial charge is 0.490 e. The van der Waals surface area contributed by atoms with Crippen molar-refractivity contribution in [2.45, 2.75) is 73.8 Å². The summed E-state index contributed by atoms with van der Waals surface area (Å²) in [5, 5.41) is -0.593. The van der Waals surface area contributed by atoms with Gasteiger partial charge in [0, 0.05) is 19.1 Å². The first kappa shape index (κ1) is 20.8. The van der Waals surface area contributed by atoms with Crippen molar-refractivity contribution < 1.29 is 17.9 Å². The van der Waals surface area contributed by atoms with E-state index in [1.807, 2.05) is 37.3 Å². The lowest BCUT2D eigenvalue weighted by atomic mass is 9.90. The van der Waals surface area contributed by atoms with Crippen molar-refractivity contribution in [2.75, 3.05) is 13.1 Å². The number of hydrogen-bond donors (Lipinski definition) is 0. The Morgan fingerprint density at radius 3 is 2.35 bits per heavy atom. The second kappa shape index (κ2) is 8.47. The quantitative estimate of drug-likeness (QED) is 0.669. The Hall–Kier alpha value is -2.05. The number of likely N-dealkylation sites (tertiary alicyclic amines) is 1. The number of benzene rings is 2. The minimum absolute atomic E-state index is 0.253. The number of sulfone groups is 1. The number of hydrogen-bond acceptors (Lipinski definition) is 5. The van der Waals surface area contributed by atoms with Crippen LogP contribution in [0.15, 0.2) is 53.4 Å². The Balaban J connectivity index is 1.27. The van der Waals surface area contributed by atoms with E-state index in [0.29, 0.717) is 17.1 Å². The Bertz CT molecular complexity index is 1010. The molecule has 2 heterocycles. The number of rotatable bonds is 5. The zero-order chi connectivity index (χ0) is 21.4. The summed E-state index contributed by atoms with van der Waals surface area (Å²) in [4.78, 5) is 2.92. The Morgan fingerprint density at radius 1 is 1.00 bits per heavy atom. The van der Waals surface area contributed by atoms with Crippen LogP contribution in [0.3, 0.4) is 0 Å². The van der Waals surface area contributed by atoms with Crippen LogP contribution >= 0.6 is 0 Å². The van der Waals surface area contributed by atoms with Gasteiger partial charge < -0.3 is 14.4 Å². The van der Waals surface area contributed by atoms with Crippen molar-refractivity contribution in [2.24, 2.45) is 0 Å². The maximum absolute atomic E-state index is 13.1. The molecule has 3 aliphatic rings. The molecule has 0 unspecified atom stereocenters. The summed E-state index contributed by atoms with van der Waals surface area (Å²) in [6, 6.07) is 15.6. The standard InChI is InChI=1S/C25H31NO4S/c1-2-23-25(30-22-8-3-4-9-24(22)31(23,27)28)18-10-12-20(13-11-18)29-21-14-16-26(17-15-21)19-6-5-7-19/h3-4,8-13,19,21,23,25H,2,5-7,14-17H2,1H3/t23-,25-/m0/s1. The maximum Gasteiger partial charge on any atom is 0.188 e. The molecule has 1 aliphatic carbocycles. The van der Waals surface area contributed by atoms with Gasteiger partial charge in [-0.1, -0.05) is 37.6 Å². The lowest BCUT2D eigenvalue weighted by Gasteiger charge is -2.41. The molecule has 0 amide bonds. The SMILES string of the molecule is CC[C@H]1[C@H](c2ccc(OC3CCN(C4CCC4)CC3)cc2)Oc2ccccc2S1(=O)=O. The van der Waals surface area contributed by atoms with E-state index >= 15 is 0 Å². The molecule has 2 aliphatic heterocycles. The van der Waals surface area contributed by atoms with Gasteiger partial charge in [0.2, 0.25) is 0 Å². The van der Waals surface area contributed by atoms with E-state index < -0.39 is 21.2 Å². The average Bonchev–Trinajstić information content (AvgIpc) is 2.74. The monoisotopic (exact) mass is 441 g/mol. The maximum atomic E-state index is 13.1. The summed E-state index contributed by atoms with van der Waals surface area (Å²) in [7, 11) is -3.43. The van der Waals surface area contributed by atoms with Crippen LogP contribution in [0.25, 0.3) is 0 Å². The fraction of sp³-hybridized carbons (Fsp3) is 0.520. The molecule has 5 nitrogen and oxygen atoms in total. The predicted molar refractivity (Wildman–Crippen MR) is 120 cm³/mol. The van der Waals surface area contributed by atoms with Gasteiger partial charge in [-0.05, 0) is 61.9 Å². The van der Waals surface area contributed by atoms with Crippen LogP contribution in [0.1, 0.15) is 57.1 Å². The molecule has 6 heteroatoms. The summed E-state index contributed by atoms with van der Waals surface area (Å²) in [5.41, 5.74) is 0.872. The third kappa shape index (κ3) is 3.96. The number of para-hydroxylation sites is 1. The molecule has 2 atom stereocenters. The first-order valence-electron chi connectivity index (χ1n) is 11.6. The topological polar surface area (TPSA) is 55.8 Å². The molecule has 2 aromatic rings. The first-order chi connectivity index (χ1) is 15.1. The van der Waals surface area contributed by atoms with Crippen molar-refractivity contribution in [3.8, 4) is 11.5 Å². The number of fused-ring (bicyclic) bond motifs is 1. The fourth-order valence-corrected chi connectivity index (χ4v) is 7.04. The highest BCUT2D eigenvalue weighted by molar-refractivity contribution is 7.92. The molecular weight excluding hydrogens is 410 g/mol. The van der Waals surface area contributed by atoms with E-state index in [-0.39, 0.29) is 6.10 Å². The van der Waals surface area contributed by atoms with E-state index in [1.54, 1.807) is 18.2 Å². The molecule has 0 bridgehead atoms. The molecule has 166 valence electrons. The normalized spacial score (nSPS) is 26.5. The van der Waals surface area contributed by atoms with E-state index in [9.17, 15) is 8.42 Å². The van der Waals surface area contributed by atoms with Crippen LogP contribution in [0.2, 0.25) is 0 Å². The summed E-state index contributed by atoms with van der Waals surface area (Å²) in [6.45, 7) is 4.15. The fourth-order valence-electron chi connectivity index (χ4n) is 5.08. The predicted octanol–water partition coefficient (Wildman–Crippen LogP) is 4.77. The Kier molecular flexibility index (Phi) is 5.69. The average molecular weight is 442 g/mol. The minimum atomic E-state index is -3.43. The summed E-state index contributed by atoms with van der Waals surface area (Å²) in [6.07, 6.45) is 6.47. The number of nitrogens with zero attached hydrogens (tertiary/aromatic N) is 1. The minimum Gasteiger partial charge on any atom is -0.490 e. The molecule has 31 heavy (non-hydrogen) atoms. The molecule has 0 N–H and O–H groups in total. The van der Waals surface area contributed by atoms with Gasteiger partial charge in [0.25, 0.3) is 0 Å². The van der Waals surface area contributed by atoms with Crippen molar-refractivity contribution >= 4 is 9.84 Å². The molecular formula is C25H31NO4S. The highest BCUT2D eigenvalue weighted by Crippen LogP contribution is 2.42. The van der Waals surface area contributed by atoms with Gasteiger partial charge in [-0.2, -0.15) is 0 Å².